The van der Waals surface area contributed by atoms with Crippen LogP contribution in [0, 0.1) is 5.92 Å². The highest BCUT2D eigenvalue weighted by molar-refractivity contribution is 5.78. The van der Waals surface area contributed by atoms with Gasteiger partial charge in [0.05, 0.1) is 6.10 Å². The minimum absolute atomic E-state index is 0.131. The number of nitrogens with zero attached hydrogens (tertiary/aromatic N) is 1. The van der Waals surface area contributed by atoms with Crippen molar-refractivity contribution in [3.05, 3.63) is 0 Å². The summed E-state index contributed by atoms with van der Waals surface area (Å²) < 4.78 is 5.62. The lowest BCUT2D eigenvalue weighted by Crippen LogP contribution is -2.52. The first-order chi connectivity index (χ1) is 7.67. The average molecular weight is 229 g/mol. The molecule has 0 bridgehead atoms. The van der Waals surface area contributed by atoms with Gasteiger partial charge in [-0.05, 0) is 12.8 Å². The van der Waals surface area contributed by atoms with E-state index in [1.54, 1.807) is 0 Å². The van der Waals surface area contributed by atoms with Crippen LogP contribution in [0.15, 0.2) is 4.99 Å². The quantitative estimate of drug-likeness (QED) is 0.620. The van der Waals surface area contributed by atoms with E-state index in [0.717, 1.165) is 12.8 Å². The van der Waals surface area contributed by atoms with Crippen molar-refractivity contribution in [1.29, 1.82) is 0 Å². The zero-order chi connectivity index (χ0) is 11.7. The maximum absolute atomic E-state index is 9.89. The smallest absolute Gasteiger partial charge is 0.184 e. The molecule has 2 rings (SSSR count). The van der Waals surface area contributed by atoms with Crippen molar-refractivity contribution >= 4 is 5.90 Å². The molecule has 3 N–H and O–H groups in total. The number of rotatable bonds is 3. The maximum Gasteiger partial charge on any atom is 0.184 e. The second kappa shape index (κ2) is 4.69. The van der Waals surface area contributed by atoms with Crippen molar-refractivity contribution in [2.24, 2.45) is 10.9 Å². The molecule has 0 saturated heterocycles. The Bertz CT molecular complexity index is 281. The summed E-state index contributed by atoms with van der Waals surface area (Å²) in [6.45, 7) is 1.91. The number of aliphatic hydroxyl groups excluding tert-OH is 3. The normalized spacial score (nSPS) is 42.5. The largest absolute Gasteiger partial charge is 0.475 e. The number of hydrogen-bond donors (Lipinski definition) is 3. The van der Waals surface area contributed by atoms with Crippen LogP contribution in [0.1, 0.15) is 26.2 Å². The number of ether oxygens (including phenoxy) is 1. The molecular formula is C11H19NO4. The van der Waals surface area contributed by atoms with Gasteiger partial charge in [0.2, 0.25) is 0 Å². The van der Waals surface area contributed by atoms with Crippen molar-refractivity contribution in [2.45, 2.75) is 50.5 Å². The molecule has 1 fully saturated rings. The minimum Gasteiger partial charge on any atom is -0.475 e. The van der Waals surface area contributed by atoms with Gasteiger partial charge in [0.15, 0.2) is 5.90 Å². The van der Waals surface area contributed by atoms with E-state index in [9.17, 15) is 10.2 Å². The second-order valence-corrected chi connectivity index (χ2v) is 4.58. The lowest BCUT2D eigenvalue weighted by molar-refractivity contribution is -0.0947. The predicted molar refractivity (Wildman–Crippen MR) is 58.2 cm³/mol. The Morgan fingerprint density at radius 1 is 1.38 bits per heavy atom. The molecule has 0 aromatic carbocycles. The summed E-state index contributed by atoms with van der Waals surface area (Å²) in [5, 5.41) is 28.8. The molecule has 5 atom stereocenters. The molecule has 92 valence electrons. The Hall–Kier alpha value is -0.650. The summed E-state index contributed by atoms with van der Waals surface area (Å²) in [5.41, 5.74) is 0. The number of aliphatic hydroxyl groups is 3. The first kappa shape index (κ1) is 11.8. The van der Waals surface area contributed by atoms with E-state index in [4.69, 9.17) is 9.84 Å². The first-order valence-electron chi connectivity index (χ1n) is 5.87. The molecule has 0 aromatic heterocycles. The van der Waals surface area contributed by atoms with E-state index in [2.05, 4.69) is 4.99 Å². The third kappa shape index (κ3) is 1.95. The van der Waals surface area contributed by atoms with Gasteiger partial charge in [0, 0.05) is 18.9 Å². The van der Waals surface area contributed by atoms with Crippen molar-refractivity contribution in [3.8, 4) is 0 Å². The fourth-order valence-corrected chi connectivity index (χ4v) is 2.45. The highest BCUT2D eigenvalue weighted by Gasteiger charge is 2.47. The fraction of sp³-hybridized carbons (Fsp3) is 0.909. The van der Waals surface area contributed by atoms with Crippen LogP contribution in [0.2, 0.25) is 0 Å². The van der Waals surface area contributed by atoms with E-state index in [1.807, 2.05) is 6.92 Å². The molecule has 1 aliphatic carbocycles. The summed E-state index contributed by atoms with van der Waals surface area (Å²) in [6, 6.07) is -0.362. The Morgan fingerprint density at radius 2 is 2.12 bits per heavy atom. The SMILES string of the molecule is CCCC1=NC2C(CC(CO)C(O)C2O)O1. The van der Waals surface area contributed by atoms with E-state index < -0.39 is 12.2 Å². The van der Waals surface area contributed by atoms with E-state index in [-0.39, 0.29) is 24.7 Å². The van der Waals surface area contributed by atoms with Crippen LogP contribution < -0.4 is 0 Å². The molecular weight excluding hydrogens is 210 g/mol. The van der Waals surface area contributed by atoms with E-state index in [0.29, 0.717) is 12.3 Å². The number of fused-ring (bicyclic) bond motifs is 1. The van der Waals surface area contributed by atoms with Crippen LogP contribution in [0.3, 0.4) is 0 Å². The van der Waals surface area contributed by atoms with Gasteiger partial charge < -0.3 is 20.1 Å². The summed E-state index contributed by atoms with van der Waals surface area (Å²) >= 11 is 0. The Kier molecular flexibility index (Phi) is 3.47. The molecule has 16 heavy (non-hydrogen) atoms. The fourth-order valence-electron chi connectivity index (χ4n) is 2.45. The van der Waals surface area contributed by atoms with Crippen LogP contribution in [0.4, 0.5) is 0 Å². The summed E-state index contributed by atoms with van der Waals surface area (Å²) in [7, 11) is 0. The Balaban J connectivity index is 2.08. The molecule has 1 aliphatic heterocycles. The highest BCUT2D eigenvalue weighted by atomic mass is 16.5. The zero-order valence-electron chi connectivity index (χ0n) is 9.41. The van der Waals surface area contributed by atoms with Gasteiger partial charge in [-0.15, -0.1) is 0 Å². The lowest BCUT2D eigenvalue weighted by Gasteiger charge is -2.36. The molecule has 5 unspecified atom stereocenters. The molecule has 5 nitrogen and oxygen atoms in total. The molecule has 5 heteroatoms. The molecule has 0 spiro atoms. The molecule has 1 saturated carbocycles. The van der Waals surface area contributed by atoms with Crippen LogP contribution in [-0.4, -0.2) is 52.2 Å². The summed E-state index contributed by atoms with van der Waals surface area (Å²) in [6.07, 6.45) is 0.248. The first-order valence-corrected chi connectivity index (χ1v) is 5.87. The molecule has 1 heterocycles. The number of hydrogen-bond acceptors (Lipinski definition) is 5. The van der Waals surface area contributed by atoms with E-state index in [1.165, 1.54) is 0 Å². The van der Waals surface area contributed by atoms with Gasteiger partial charge in [-0.25, -0.2) is 4.99 Å². The third-order valence-corrected chi connectivity index (χ3v) is 3.38. The van der Waals surface area contributed by atoms with Crippen LogP contribution in [-0.2, 0) is 4.74 Å². The van der Waals surface area contributed by atoms with Gasteiger partial charge in [-0.2, -0.15) is 0 Å². The van der Waals surface area contributed by atoms with Crippen molar-refractivity contribution in [1.82, 2.24) is 0 Å². The third-order valence-electron chi connectivity index (χ3n) is 3.38. The van der Waals surface area contributed by atoms with Crippen molar-refractivity contribution in [3.63, 3.8) is 0 Å². The molecule has 2 aliphatic rings. The maximum atomic E-state index is 9.89. The van der Waals surface area contributed by atoms with Crippen LogP contribution in [0.25, 0.3) is 0 Å². The second-order valence-electron chi connectivity index (χ2n) is 4.58. The van der Waals surface area contributed by atoms with Crippen LogP contribution >= 0.6 is 0 Å². The molecule has 0 aromatic rings. The molecule has 0 radical (unpaired) electrons. The van der Waals surface area contributed by atoms with Gasteiger partial charge >= 0.3 is 0 Å². The summed E-state index contributed by atoms with van der Waals surface area (Å²) in [5.74, 6) is 0.356. The van der Waals surface area contributed by atoms with Gasteiger partial charge in [-0.1, -0.05) is 6.92 Å². The van der Waals surface area contributed by atoms with Crippen molar-refractivity contribution in [2.75, 3.05) is 6.61 Å². The average Bonchev–Trinajstić information content (AvgIpc) is 2.67. The zero-order valence-corrected chi connectivity index (χ0v) is 9.41. The monoisotopic (exact) mass is 229 g/mol. The van der Waals surface area contributed by atoms with Crippen LogP contribution in [0.5, 0.6) is 0 Å². The van der Waals surface area contributed by atoms with Gasteiger partial charge in [0.1, 0.15) is 18.2 Å². The standard InChI is InChI=1S/C11H19NO4/c1-2-3-8-12-9-7(16-8)4-6(5-13)10(14)11(9)15/h6-7,9-11,13-15H,2-5H2,1H3. The highest BCUT2D eigenvalue weighted by Crippen LogP contribution is 2.33. The predicted octanol–water partition coefficient (Wildman–Crippen LogP) is -0.314. The van der Waals surface area contributed by atoms with Gasteiger partial charge in [0.25, 0.3) is 0 Å². The number of aliphatic imine (C=N–C) groups is 1. The minimum atomic E-state index is -0.926. The molecule has 0 amide bonds. The summed E-state index contributed by atoms with van der Waals surface area (Å²) in [4.78, 5) is 4.30. The van der Waals surface area contributed by atoms with Crippen molar-refractivity contribution < 1.29 is 20.1 Å². The lowest BCUT2D eigenvalue weighted by atomic mass is 9.80. The van der Waals surface area contributed by atoms with E-state index >= 15 is 0 Å². The van der Waals surface area contributed by atoms with Gasteiger partial charge in [-0.3, -0.25) is 0 Å². The Morgan fingerprint density at radius 3 is 2.75 bits per heavy atom. The topological polar surface area (TPSA) is 82.3 Å². The Labute approximate surface area is 94.8 Å².